The highest BCUT2D eigenvalue weighted by Gasteiger charge is 2.29. The van der Waals surface area contributed by atoms with Gasteiger partial charge >= 0.3 is 0 Å². The van der Waals surface area contributed by atoms with E-state index in [-0.39, 0.29) is 5.56 Å². The first-order chi connectivity index (χ1) is 10.8. The zero-order valence-electron chi connectivity index (χ0n) is 12.6. The summed E-state index contributed by atoms with van der Waals surface area (Å²) in [6.45, 7) is 2.84. The summed E-state index contributed by atoms with van der Waals surface area (Å²) in [7, 11) is 0. The fraction of sp³-hybridized carbons (Fsp3) is 0.529. The third-order valence-electron chi connectivity index (χ3n) is 4.91. The van der Waals surface area contributed by atoms with Gasteiger partial charge in [0.25, 0.3) is 5.56 Å². The van der Waals surface area contributed by atoms with E-state index >= 15 is 0 Å². The molecule has 0 aromatic carbocycles. The van der Waals surface area contributed by atoms with Crippen LogP contribution in [-0.2, 0) is 4.74 Å². The molecular formula is C17H21N3O2. The number of piperidine rings is 1. The Morgan fingerprint density at radius 2 is 2.05 bits per heavy atom. The molecule has 2 aliphatic heterocycles. The van der Waals surface area contributed by atoms with Gasteiger partial charge in [0.1, 0.15) is 11.5 Å². The minimum Gasteiger partial charge on any atom is -0.378 e. The lowest BCUT2D eigenvalue weighted by Gasteiger charge is -2.35. The highest BCUT2D eigenvalue weighted by Crippen LogP contribution is 2.30. The number of anilines is 1. The monoisotopic (exact) mass is 299 g/mol. The molecule has 116 valence electrons. The van der Waals surface area contributed by atoms with Crippen LogP contribution in [0.5, 0.6) is 0 Å². The van der Waals surface area contributed by atoms with Crippen LogP contribution >= 0.6 is 0 Å². The van der Waals surface area contributed by atoms with Crippen molar-refractivity contribution in [1.82, 2.24) is 9.38 Å². The highest BCUT2D eigenvalue weighted by molar-refractivity contribution is 5.48. The Balaban J connectivity index is 1.52. The number of hydrogen-bond donors (Lipinski definition) is 0. The van der Waals surface area contributed by atoms with Crippen molar-refractivity contribution in [1.29, 1.82) is 0 Å². The van der Waals surface area contributed by atoms with Gasteiger partial charge in [0.15, 0.2) is 0 Å². The van der Waals surface area contributed by atoms with Crippen molar-refractivity contribution < 1.29 is 4.74 Å². The van der Waals surface area contributed by atoms with Crippen LogP contribution in [0.3, 0.4) is 0 Å². The third kappa shape index (κ3) is 2.50. The highest BCUT2D eigenvalue weighted by atomic mass is 16.5. The molecule has 1 unspecified atom stereocenters. The maximum Gasteiger partial charge on any atom is 0.259 e. The largest absolute Gasteiger partial charge is 0.378 e. The SMILES string of the molecule is O=c1cc(N2CCC(C3CCCO3)CC2)nc2ccccn12. The van der Waals surface area contributed by atoms with Crippen molar-refractivity contribution in [2.75, 3.05) is 24.6 Å². The molecule has 0 spiro atoms. The number of hydrogen-bond acceptors (Lipinski definition) is 4. The quantitative estimate of drug-likeness (QED) is 0.852. The molecule has 0 aliphatic carbocycles. The lowest BCUT2D eigenvalue weighted by atomic mass is 9.90. The lowest BCUT2D eigenvalue weighted by molar-refractivity contribution is 0.0531. The van der Waals surface area contributed by atoms with Crippen LogP contribution in [-0.4, -0.2) is 35.2 Å². The maximum absolute atomic E-state index is 12.2. The topological polar surface area (TPSA) is 46.8 Å². The number of pyridine rings is 1. The van der Waals surface area contributed by atoms with Gasteiger partial charge in [-0.2, -0.15) is 0 Å². The molecule has 2 saturated heterocycles. The van der Waals surface area contributed by atoms with E-state index in [9.17, 15) is 4.79 Å². The second kappa shape index (κ2) is 5.72. The van der Waals surface area contributed by atoms with E-state index in [1.54, 1.807) is 16.7 Å². The van der Waals surface area contributed by atoms with Gasteiger partial charge in [-0.05, 0) is 43.7 Å². The van der Waals surface area contributed by atoms with Gasteiger partial charge < -0.3 is 9.64 Å². The van der Waals surface area contributed by atoms with Crippen LogP contribution in [0, 0.1) is 5.92 Å². The minimum atomic E-state index is -0.0122. The van der Waals surface area contributed by atoms with Gasteiger partial charge in [-0.15, -0.1) is 0 Å². The molecule has 2 aliphatic rings. The van der Waals surface area contributed by atoms with Crippen molar-refractivity contribution in [2.24, 2.45) is 5.92 Å². The van der Waals surface area contributed by atoms with Gasteiger partial charge in [0.05, 0.1) is 6.10 Å². The molecule has 2 fully saturated rings. The zero-order valence-corrected chi connectivity index (χ0v) is 12.6. The van der Waals surface area contributed by atoms with Crippen LogP contribution in [0.2, 0.25) is 0 Å². The van der Waals surface area contributed by atoms with Gasteiger partial charge in [-0.25, -0.2) is 4.98 Å². The Bertz CT molecular complexity index is 713. The Kier molecular flexibility index (Phi) is 3.58. The fourth-order valence-electron chi connectivity index (χ4n) is 3.68. The molecule has 5 nitrogen and oxygen atoms in total. The summed E-state index contributed by atoms with van der Waals surface area (Å²) in [6.07, 6.45) is 6.88. The second-order valence-electron chi connectivity index (χ2n) is 6.26. The molecule has 22 heavy (non-hydrogen) atoms. The minimum absolute atomic E-state index is 0.0122. The summed E-state index contributed by atoms with van der Waals surface area (Å²) in [5, 5.41) is 0. The van der Waals surface area contributed by atoms with Crippen molar-refractivity contribution in [3.8, 4) is 0 Å². The molecule has 2 aromatic heterocycles. The smallest absolute Gasteiger partial charge is 0.259 e. The van der Waals surface area contributed by atoms with Crippen molar-refractivity contribution >= 4 is 11.5 Å². The first kappa shape index (κ1) is 13.8. The Hall–Kier alpha value is -1.88. The molecule has 4 heterocycles. The summed E-state index contributed by atoms with van der Waals surface area (Å²) >= 11 is 0. The van der Waals surface area contributed by atoms with Crippen molar-refractivity contribution in [3.63, 3.8) is 0 Å². The van der Waals surface area contributed by atoms with E-state index in [0.29, 0.717) is 17.7 Å². The standard InChI is InChI=1S/C17H21N3O2/c21-17-12-16(18-15-5-1-2-8-20(15)17)19-9-6-13(7-10-19)14-4-3-11-22-14/h1-2,5,8,12-14H,3-4,6-7,9-11H2. The van der Waals surface area contributed by atoms with Gasteiger partial charge in [0, 0.05) is 32.0 Å². The van der Waals surface area contributed by atoms with Crippen molar-refractivity contribution in [2.45, 2.75) is 31.8 Å². The Labute approximate surface area is 129 Å². The molecular weight excluding hydrogens is 278 g/mol. The van der Waals surface area contributed by atoms with Crippen LogP contribution in [0.1, 0.15) is 25.7 Å². The summed E-state index contributed by atoms with van der Waals surface area (Å²) in [5.74, 6) is 1.47. The van der Waals surface area contributed by atoms with Crippen LogP contribution in [0.15, 0.2) is 35.3 Å². The van der Waals surface area contributed by atoms with Gasteiger partial charge in [0.2, 0.25) is 0 Å². The van der Waals surface area contributed by atoms with E-state index in [2.05, 4.69) is 9.88 Å². The Morgan fingerprint density at radius 3 is 2.82 bits per heavy atom. The van der Waals surface area contributed by atoms with Crippen molar-refractivity contribution in [3.05, 3.63) is 40.8 Å². The second-order valence-corrected chi connectivity index (χ2v) is 6.26. The molecule has 0 radical (unpaired) electrons. The van der Waals surface area contributed by atoms with Crippen LogP contribution < -0.4 is 10.5 Å². The average Bonchev–Trinajstić information content (AvgIpc) is 3.09. The van der Waals surface area contributed by atoms with E-state index in [1.165, 1.54) is 12.8 Å². The zero-order chi connectivity index (χ0) is 14.9. The molecule has 2 aromatic rings. The number of nitrogens with zero attached hydrogens (tertiary/aromatic N) is 3. The maximum atomic E-state index is 12.2. The molecule has 1 atom stereocenters. The molecule has 0 saturated carbocycles. The summed E-state index contributed by atoms with van der Waals surface area (Å²) in [6, 6.07) is 7.29. The van der Waals surface area contributed by atoms with E-state index in [0.717, 1.165) is 38.4 Å². The number of aromatic nitrogens is 2. The normalized spacial score (nSPS) is 23.3. The van der Waals surface area contributed by atoms with Crippen LogP contribution in [0.4, 0.5) is 5.82 Å². The van der Waals surface area contributed by atoms with Gasteiger partial charge in [-0.1, -0.05) is 6.07 Å². The number of rotatable bonds is 2. The molecule has 0 bridgehead atoms. The molecule has 0 N–H and O–H groups in total. The Morgan fingerprint density at radius 1 is 1.18 bits per heavy atom. The predicted molar refractivity (Wildman–Crippen MR) is 85.4 cm³/mol. The summed E-state index contributed by atoms with van der Waals surface area (Å²) in [4.78, 5) is 19.1. The van der Waals surface area contributed by atoms with Crippen LogP contribution in [0.25, 0.3) is 5.65 Å². The average molecular weight is 299 g/mol. The lowest BCUT2D eigenvalue weighted by Crippen LogP contribution is -2.38. The third-order valence-corrected chi connectivity index (χ3v) is 4.91. The van der Waals surface area contributed by atoms with E-state index < -0.39 is 0 Å². The first-order valence-electron chi connectivity index (χ1n) is 8.16. The predicted octanol–water partition coefficient (Wildman–Crippen LogP) is 2.09. The molecule has 5 heteroatoms. The van der Waals surface area contributed by atoms with E-state index in [1.807, 2.05) is 18.2 Å². The number of ether oxygens (including phenoxy) is 1. The number of fused-ring (bicyclic) bond motifs is 1. The molecule has 4 rings (SSSR count). The van der Waals surface area contributed by atoms with Gasteiger partial charge in [-0.3, -0.25) is 9.20 Å². The summed E-state index contributed by atoms with van der Waals surface area (Å²) < 4.78 is 7.41. The van der Waals surface area contributed by atoms with E-state index in [4.69, 9.17) is 4.74 Å². The first-order valence-corrected chi connectivity index (χ1v) is 8.16. The fourth-order valence-corrected chi connectivity index (χ4v) is 3.68. The summed E-state index contributed by atoms with van der Waals surface area (Å²) in [5.41, 5.74) is 0.702. The molecule has 0 amide bonds.